The minimum atomic E-state index is 0.547. The molecular weight excluding hydrogens is 282 g/mol. The smallest absolute Gasteiger partial charge is 0.165 e. The Morgan fingerprint density at radius 2 is 1.78 bits per heavy atom. The standard InChI is InChI=1S/C20H24N3/c1-6-16-7-9-17(10-8-16)23-18(11-13(2)3)22-19-14(4)12-15(5)21-20(19)23/h7-10,12-13H,1,6,11H2,2-5H3. The van der Waals surface area contributed by atoms with Crippen LogP contribution in [-0.2, 0) is 12.8 Å². The second-order valence-corrected chi connectivity index (χ2v) is 6.63. The van der Waals surface area contributed by atoms with Crippen LogP contribution in [0.3, 0.4) is 0 Å². The lowest BCUT2D eigenvalue weighted by Gasteiger charge is -2.11. The van der Waals surface area contributed by atoms with Crippen LogP contribution in [0.25, 0.3) is 16.9 Å². The molecule has 3 rings (SSSR count). The number of fused-ring (bicyclic) bond motifs is 1. The van der Waals surface area contributed by atoms with Crippen molar-refractivity contribution in [3.05, 3.63) is 59.9 Å². The van der Waals surface area contributed by atoms with E-state index in [0.717, 1.165) is 41.2 Å². The van der Waals surface area contributed by atoms with Gasteiger partial charge in [-0.05, 0) is 62.4 Å². The van der Waals surface area contributed by atoms with Crippen LogP contribution in [0.5, 0.6) is 0 Å². The Morgan fingerprint density at radius 1 is 1.09 bits per heavy atom. The Hall–Kier alpha value is -2.16. The molecule has 1 aromatic carbocycles. The van der Waals surface area contributed by atoms with Gasteiger partial charge < -0.3 is 0 Å². The molecule has 0 N–H and O–H groups in total. The van der Waals surface area contributed by atoms with Crippen LogP contribution < -0.4 is 0 Å². The minimum Gasteiger partial charge on any atom is -0.281 e. The molecular formula is C20H24N3. The van der Waals surface area contributed by atoms with E-state index in [1.807, 2.05) is 6.92 Å². The number of rotatable bonds is 4. The summed E-state index contributed by atoms with van der Waals surface area (Å²) < 4.78 is 2.21. The van der Waals surface area contributed by atoms with Gasteiger partial charge in [0.15, 0.2) is 5.65 Å². The summed E-state index contributed by atoms with van der Waals surface area (Å²) in [6, 6.07) is 10.7. The molecule has 0 aliphatic carbocycles. The molecule has 23 heavy (non-hydrogen) atoms. The Balaban J connectivity index is 2.26. The molecule has 2 aromatic heterocycles. The molecule has 3 heteroatoms. The van der Waals surface area contributed by atoms with Gasteiger partial charge in [0.1, 0.15) is 11.3 Å². The summed E-state index contributed by atoms with van der Waals surface area (Å²) in [5, 5.41) is 0. The quantitative estimate of drug-likeness (QED) is 0.704. The summed E-state index contributed by atoms with van der Waals surface area (Å²) in [4.78, 5) is 9.67. The maximum absolute atomic E-state index is 4.90. The number of aryl methyl sites for hydroxylation is 2. The largest absolute Gasteiger partial charge is 0.281 e. The van der Waals surface area contributed by atoms with E-state index in [1.165, 1.54) is 11.1 Å². The summed E-state index contributed by atoms with van der Waals surface area (Å²) >= 11 is 0. The van der Waals surface area contributed by atoms with E-state index in [1.54, 1.807) is 0 Å². The third-order valence-corrected chi connectivity index (χ3v) is 4.08. The average molecular weight is 306 g/mol. The minimum absolute atomic E-state index is 0.547. The van der Waals surface area contributed by atoms with E-state index >= 15 is 0 Å². The summed E-state index contributed by atoms with van der Waals surface area (Å²) in [5.41, 5.74) is 6.54. The molecule has 3 aromatic rings. The molecule has 0 atom stereocenters. The highest BCUT2D eigenvalue weighted by atomic mass is 15.1. The van der Waals surface area contributed by atoms with Gasteiger partial charge in [0.05, 0.1) is 0 Å². The second kappa shape index (κ2) is 6.15. The van der Waals surface area contributed by atoms with Crippen molar-refractivity contribution < 1.29 is 0 Å². The first-order chi connectivity index (χ1) is 11.0. The van der Waals surface area contributed by atoms with Crippen molar-refractivity contribution in [2.75, 3.05) is 0 Å². The van der Waals surface area contributed by atoms with Crippen molar-refractivity contribution in [1.29, 1.82) is 0 Å². The molecule has 0 fully saturated rings. The van der Waals surface area contributed by atoms with Crippen LogP contribution in [0.4, 0.5) is 0 Å². The molecule has 0 unspecified atom stereocenters. The van der Waals surface area contributed by atoms with Gasteiger partial charge in [-0.1, -0.05) is 26.0 Å². The second-order valence-electron chi connectivity index (χ2n) is 6.63. The Morgan fingerprint density at radius 3 is 2.39 bits per heavy atom. The van der Waals surface area contributed by atoms with Gasteiger partial charge in [0, 0.05) is 17.8 Å². The average Bonchev–Trinajstić information content (AvgIpc) is 2.85. The number of hydrogen-bond acceptors (Lipinski definition) is 2. The predicted molar refractivity (Wildman–Crippen MR) is 95.9 cm³/mol. The fraction of sp³-hybridized carbons (Fsp3) is 0.350. The Bertz CT molecular complexity index is 826. The van der Waals surface area contributed by atoms with Gasteiger partial charge in [-0.2, -0.15) is 0 Å². The van der Waals surface area contributed by atoms with Crippen molar-refractivity contribution in [1.82, 2.24) is 14.5 Å². The summed E-state index contributed by atoms with van der Waals surface area (Å²) in [7, 11) is 0. The van der Waals surface area contributed by atoms with Crippen LogP contribution in [0.15, 0.2) is 30.3 Å². The fourth-order valence-corrected chi connectivity index (χ4v) is 2.99. The van der Waals surface area contributed by atoms with Gasteiger partial charge in [-0.25, -0.2) is 9.97 Å². The van der Waals surface area contributed by atoms with Crippen molar-refractivity contribution >= 4 is 11.2 Å². The number of aromatic nitrogens is 3. The van der Waals surface area contributed by atoms with Gasteiger partial charge in [-0.15, -0.1) is 0 Å². The van der Waals surface area contributed by atoms with Crippen molar-refractivity contribution in [3.63, 3.8) is 0 Å². The topological polar surface area (TPSA) is 30.7 Å². The summed E-state index contributed by atoms with van der Waals surface area (Å²) in [5.74, 6) is 1.63. The molecule has 0 amide bonds. The van der Waals surface area contributed by atoms with Crippen LogP contribution >= 0.6 is 0 Å². The first-order valence-electron chi connectivity index (χ1n) is 8.23. The molecule has 0 spiro atoms. The maximum Gasteiger partial charge on any atom is 0.165 e. The van der Waals surface area contributed by atoms with Gasteiger partial charge in [0.2, 0.25) is 0 Å². The zero-order valence-electron chi connectivity index (χ0n) is 14.4. The third kappa shape index (κ3) is 3.00. The van der Waals surface area contributed by atoms with Crippen molar-refractivity contribution in [2.45, 2.75) is 40.5 Å². The Kier molecular flexibility index (Phi) is 4.20. The molecule has 0 bridgehead atoms. The lowest BCUT2D eigenvalue weighted by Crippen LogP contribution is -2.06. The van der Waals surface area contributed by atoms with Crippen molar-refractivity contribution in [3.8, 4) is 5.69 Å². The molecule has 1 radical (unpaired) electrons. The van der Waals surface area contributed by atoms with Crippen molar-refractivity contribution in [2.24, 2.45) is 5.92 Å². The van der Waals surface area contributed by atoms with Crippen LogP contribution in [0, 0.1) is 26.7 Å². The third-order valence-electron chi connectivity index (χ3n) is 4.08. The predicted octanol–water partition coefficient (Wildman–Crippen LogP) is 4.61. The van der Waals surface area contributed by atoms with E-state index in [0.29, 0.717) is 5.92 Å². The summed E-state index contributed by atoms with van der Waals surface area (Å²) in [6.45, 7) is 12.5. The van der Waals surface area contributed by atoms with Gasteiger partial charge in [0.25, 0.3) is 0 Å². The lowest BCUT2D eigenvalue weighted by molar-refractivity contribution is 0.616. The van der Waals surface area contributed by atoms with Crippen LogP contribution in [-0.4, -0.2) is 14.5 Å². The zero-order chi connectivity index (χ0) is 16.6. The SMILES string of the molecule is [CH2]Cc1ccc(-n2c(CC(C)C)nc3c(C)cc(C)nc32)cc1. The number of hydrogen-bond donors (Lipinski definition) is 0. The number of nitrogens with zero attached hydrogens (tertiary/aromatic N) is 3. The number of imidazole rings is 1. The van der Waals surface area contributed by atoms with Crippen LogP contribution in [0.2, 0.25) is 0 Å². The van der Waals surface area contributed by atoms with E-state index in [-0.39, 0.29) is 0 Å². The molecule has 0 aliphatic heterocycles. The van der Waals surface area contributed by atoms with E-state index in [9.17, 15) is 0 Å². The molecule has 119 valence electrons. The highest BCUT2D eigenvalue weighted by molar-refractivity contribution is 5.78. The van der Waals surface area contributed by atoms with E-state index < -0.39 is 0 Å². The monoisotopic (exact) mass is 306 g/mol. The first kappa shape index (κ1) is 15.7. The molecule has 0 saturated carbocycles. The molecule has 3 nitrogen and oxygen atoms in total. The summed E-state index contributed by atoms with van der Waals surface area (Å²) in [6.07, 6.45) is 1.74. The number of pyridine rings is 1. The molecule has 0 aliphatic rings. The van der Waals surface area contributed by atoms with E-state index in [2.05, 4.69) is 62.6 Å². The van der Waals surface area contributed by atoms with Crippen LogP contribution in [0.1, 0.15) is 36.5 Å². The Labute approximate surface area is 138 Å². The molecule has 0 saturated heterocycles. The highest BCUT2D eigenvalue weighted by Crippen LogP contribution is 2.25. The maximum atomic E-state index is 4.90. The first-order valence-corrected chi connectivity index (χ1v) is 8.23. The van der Waals surface area contributed by atoms with E-state index in [4.69, 9.17) is 9.97 Å². The lowest BCUT2D eigenvalue weighted by atomic mass is 10.1. The zero-order valence-corrected chi connectivity index (χ0v) is 14.4. The highest BCUT2D eigenvalue weighted by Gasteiger charge is 2.16. The van der Waals surface area contributed by atoms with Gasteiger partial charge >= 0.3 is 0 Å². The normalized spacial score (nSPS) is 11.6. The molecule has 2 heterocycles. The van der Waals surface area contributed by atoms with Gasteiger partial charge in [-0.3, -0.25) is 4.57 Å². The fourth-order valence-electron chi connectivity index (χ4n) is 2.99. The number of benzene rings is 1.